The molecule has 0 unspecified atom stereocenters. The fourth-order valence-electron chi connectivity index (χ4n) is 1.80. The van der Waals surface area contributed by atoms with E-state index in [0.717, 1.165) is 16.7 Å². The van der Waals surface area contributed by atoms with Crippen LogP contribution in [-0.2, 0) is 0 Å². The summed E-state index contributed by atoms with van der Waals surface area (Å²) < 4.78 is 5.68. The summed E-state index contributed by atoms with van der Waals surface area (Å²) in [6.07, 6.45) is 0. The lowest BCUT2D eigenvalue weighted by Crippen LogP contribution is -1.96. The van der Waals surface area contributed by atoms with Crippen molar-refractivity contribution in [1.82, 2.24) is 9.97 Å². The third kappa shape index (κ3) is 1.73. The van der Waals surface area contributed by atoms with E-state index in [4.69, 9.17) is 10.2 Å². The third-order valence-electron chi connectivity index (χ3n) is 2.52. The Kier molecular flexibility index (Phi) is 2.08. The van der Waals surface area contributed by atoms with Crippen molar-refractivity contribution in [2.45, 2.75) is 6.92 Å². The minimum absolute atomic E-state index is 0.452. The molecule has 0 amide bonds. The zero-order valence-corrected chi connectivity index (χ0v) is 9.34. The number of anilines is 1. The maximum Gasteiger partial charge on any atom is 0.197 e. The van der Waals surface area contributed by atoms with Gasteiger partial charge in [-0.3, -0.25) is 0 Å². The van der Waals surface area contributed by atoms with Gasteiger partial charge < -0.3 is 10.2 Å². The summed E-state index contributed by atoms with van der Waals surface area (Å²) in [5, 5.41) is 1.03. The molecule has 17 heavy (non-hydrogen) atoms. The van der Waals surface area contributed by atoms with Gasteiger partial charge in [0.2, 0.25) is 0 Å². The number of nitrogens with zero attached hydrogens (tertiary/aromatic N) is 2. The summed E-state index contributed by atoms with van der Waals surface area (Å²) in [5.41, 5.74) is 7.35. The molecule has 4 nitrogen and oxygen atoms in total. The fraction of sp³-hybridized carbons (Fsp3) is 0.0769. The third-order valence-corrected chi connectivity index (χ3v) is 2.52. The SMILES string of the molecule is Cc1cc(N)nc(-c2cc3ccccc3o2)n1. The second-order valence-corrected chi connectivity index (χ2v) is 3.91. The van der Waals surface area contributed by atoms with E-state index in [1.807, 2.05) is 37.3 Å². The van der Waals surface area contributed by atoms with Crippen molar-refractivity contribution >= 4 is 16.8 Å². The molecule has 0 spiro atoms. The highest BCUT2D eigenvalue weighted by Crippen LogP contribution is 2.25. The Balaban J connectivity index is 2.20. The molecule has 0 bridgehead atoms. The summed E-state index contributed by atoms with van der Waals surface area (Å²) in [6, 6.07) is 11.4. The maximum absolute atomic E-state index is 5.70. The van der Waals surface area contributed by atoms with Crippen LogP contribution in [0, 0.1) is 6.92 Å². The summed E-state index contributed by atoms with van der Waals surface area (Å²) in [7, 11) is 0. The average molecular weight is 225 g/mol. The number of furan rings is 1. The number of hydrogen-bond donors (Lipinski definition) is 1. The number of fused-ring (bicyclic) bond motifs is 1. The summed E-state index contributed by atoms with van der Waals surface area (Å²) in [5.74, 6) is 1.62. The van der Waals surface area contributed by atoms with Gasteiger partial charge in [-0.1, -0.05) is 18.2 Å². The lowest BCUT2D eigenvalue weighted by Gasteiger charge is -1.99. The quantitative estimate of drug-likeness (QED) is 0.691. The predicted octanol–water partition coefficient (Wildman–Crippen LogP) is 2.78. The van der Waals surface area contributed by atoms with Gasteiger partial charge in [-0.2, -0.15) is 0 Å². The lowest BCUT2D eigenvalue weighted by molar-refractivity contribution is 0.625. The molecule has 1 aromatic carbocycles. The fourth-order valence-corrected chi connectivity index (χ4v) is 1.80. The van der Waals surface area contributed by atoms with Crippen molar-refractivity contribution in [3.63, 3.8) is 0 Å². The van der Waals surface area contributed by atoms with Crippen LogP contribution in [0.5, 0.6) is 0 Å². The van der Waals surface area contributed by atoms with Crippen molar-refractivity contribution in [3.8, 4) is 11.6 Å². The number of para-hydroxylation sites is 1. The van der Waals surface area contributed by atoms with E-state index in [-0.39, 0.29) is 0 Å². The van der Waals surface area contributed by atoms with Gasteiger partial charge >= 0.3 is 0 Å². The van der Waals surface area contributed by atoms with E-state index in [0.29, 0.717) is 17.4 Å². The number of rotatable bonds is 1. The Labute approximate surface area is 98.1 Å². The van der Waals surface area contributed by atoms with Gasteiger partial charge in [0.1, 0.15) is 11.4 Å². The van der Waals surface area contributed by atoms with Crippen molar-refractivity contribution < 1.29 is 4.42 Å². The van der Waals surface area contributed by atoms with E-state index < -0.39 is 0 Å². The topological polar surface area (TPSA) is 64.9 Å². The van der Waals surface area contributed by atoms with Gasteiger partial charge in [-0.25, -0.2) is 9.97 Å². The van der Waals surface area contributed by atoms with Crippen LogP contribution in [0.15, 0.2) is 40.8 Å². The molecule has 2 N–H and O–H groups in total. The van der Waals surface area contributed by atoms with Gasteiger partial charge in [-0.15, -0.1) is 0 Å². The number of aryl methyl sites for hydroxylation is 1. The second kappa shape index (κ2) is 3.59. The smallest absolute Gasteiger partial charge is 0.197 e. The van der Waals surface area contributed by atoms with Gasteiger partial charge in [0.25, 0.3) is 0 Å². The van der Waals surface area contributed by atoms with Crippen LogP contribution in [0.25, 0.3) is 22.6 Å². The number of hydrogen-bond acceptors (Lipinski definition) is 4. The second-order valence-electron chi connectivity index (χ2n) is 3.91. The highest BCUT2D eigenvalue weighted by molar-refractivity contribution is 5.81. The van der Waals surface area contributed by atoms with Crippen molar-refractivity contribution in [1.29, 1.82) is 0 Å². The normalized spacial score (nSPS) is 10.9. The molecule has 3 rings (SSSR count). The molecule has 0 atom stereocenters. The maximum atomic E-state index is 5.70. The summed E-state index contributed by atoms with van der Waals surface area (Å²) in [6.45, 7) is 1.88. The highest BCUT2D eigenvalue weighted by Gasteiger charge is 2.09. The first-order valence-electron chi connectivity index (χ1n) is 5.32. The molecule has 0 aliphatic heterocycles. The molecule has 0 radical (unpaired) electrons. The number of nitrogen functional groups attached to an aromatic ring is 1. The van der Waals surface area contributed by atoms with Crippen molar-refractivity contribution in [2.24, 2.45) is 0 Å². The van der Waals surface area contributed by atoms with Gasteiger partial charge in [-0.05, 0) is 19.1 Å². The van der Waals surface area contributed by atoms with Crippen LogP contribution in [-0.4, -0.2) is 9.97 Å². The van der Waals surface area contributed by atoms with Crippen LogP contribution in [0.3, 0.4) is 0 Å². The highest BCUT2D eigenvalue weighted by atomic mass is 16.3. The molecule has 2 heterocycles. The van der Waals surface area contributed by atoms with Crippen molar-refractivity contribution in [2.75, 3.05) is 5.73 Å². The van der Waals surface area contributed by atoms with Gasteiger partial charge in [0.15, 0.2) is 11.6 Å². The zero-order chi connectivity index (χ0) is 11.8. The van der Waals surface area contributed by atoms with Crippen LogP contribution in [0.2, 0.25) is 0 Å². The van der Waals surface area contributed by atoms with E-state index in [2.05, 4.69) is 9.97 Å². The standard InChI is InChI=1S/C13H11N3O/c1-8-6-12(14)16-13(15-8)11-7-9-4-2-3-5-10(9)17-11/h2-7H,1H3,(H2,14,15,16). The minimum Gasteiger partial charge on any atom is -0.453 e. The van der Waals surface area contributed by atoms with Gasteiger partial charge in [0.05, 0.1) is 0 Å². The average Bonchev–Trinajstić information content (AvgIpc) is 2.71. The van der Waals surface area contributed by atoms with Gasteiger partial charge in [0, 0.05) is 17.1 Å². The van der Waals surface area contributed by atoms with E-state index in [1.165, 1.54) is 0 Å². The molecule has 0 aliphatic carbocycles. The molecular formula is C13H11N3O. The minimum atomic E-state index is 0.452. The molecule has 0 aliphatic rings. The largest absolute Gasteiger partial charge is 0.453 e. The molecule has 0 saturated heterocycles. The molecule has 0 fully saturated rings. The molecule has 2 aromatic heterocycles. The number of benzene rings is 1. The first-order valence-corrected chi connectivity index (χ1v) is 5.32. The van der Waals surface area contributed by atoms with Crippen LogP contribution in [0.1, 0.15) is 5.69 Å². The van der Waals surface area contributed by atoms with Crippen LogP contribution >= 0.6 is 0 Å². The first kappa shape index (κ1) is 9.84. The molecule has 4 heteroatoms. The summed E-state index contributed by atoms with van der Waals surface area (Å²) >= 11 is 0. The Morgan fingerprint density at radius 3 is 2.71 bits per heavy atom. The van der Waals surface area contributed by atoms with Crippen LogP contribution in [0.4, 0.5) is 5.82 Å². The monoisotopic (exact) mass is 225 g/mol. The lowest BCUT2D eigenvalue weighted by atomic mass is 10.2. The Morgan fingerprint density at radius 1 is 1.12 bits per heavy atom. The zero-order valence-electron chi connectivity index (χ0n) is 9.34. The molecule has 84 valence electrons. The van der Waals surface area contributed by atoms with E-state index in [9.17, 15) is 0 Å². The van der Waals surface area contributed by atoms with Crippen LogP contribution < -0.4 is 5.73 Å². The first-order chi connectivity index (χ1) is 8.22. The molecule has 3 aromatic rings. The number of aromatic nitrogens is 2. The van der Waals surface area contributed by atoms with Crippen molar-refractivity contribution in [3.05, 3.63) is 42.1 Å². The van der Waals surface area contributed by atoms with E-state index in [1.54, 1.807) is 6.07 Å². The summed E-state index contributed by atoms with van der Waals surface area (Å²) in [4.78, 5) is 8.49. The predicted molar refractivity (Wildman–Crippen MR) is 66.4 cm³/mol. The Bertz CT molecular complexity index is 635. The number of nitrogens with two attached hydrogens (primary N) is 1. The van der Waals surface area contributed by atoms with E-state index >= 15 is 0 Å². The molecule has 0 saturated carbocycles. The Hall–Kier alpha value is -2.36. The molecular weight excluding hydrogens is 214 g/mol. The Morgan fingerprint density at radius 2 is 1.94 bits per heavy atom.